The van der Waals surface area contributed by atoms with Crippen LogP contribution in [0.2, 0.25) is 0 Å². The van der Waals surface area contributed by atoms with E-state index >= 15 is 0 Å². The molecule has 0 aromatic carbocycles. The average molecular weight is 281 g/mol. The minimum atomic E-state index is 0.785. The summed E-state index contributed by atoms with van der Waals surface area (Å²) in [5, 5.41) is 3.82. The normalized spacial score (nSPS) is 35.4. The molecule has 0 saturated heterocycles. The fourth-order valence-electron chi connectivity index (χ4n) is 4.22. The third kappa shape index (κ3) is 4.73. The Morgan fingerprint density at radius 2 is 1.70 bits per heavy atom. The number of hydrogen-bond acceptors (Lipinski definition) is 2. The smallest absolute Gasteiger partial charge is 0.0107 e. The zero-order valence-electron chi connectivity index (χ0n) is 14.0. The minimum absolute atomic E-state index is 0.785. The molecule has 0 aromatic heterocycles. The molecule has 2 heteroatoms. The van der Waals surface area contributed by atoms with Crippen molar-refractivity contribution < 1.29 is 0 Å². The van der Waals surface area contributed by atoms with Crippen LogP contribution in [0, 0.1) is 11.8 Å². The molecule has 0 aromatic rings. The van der Waals surface area contributed by atoms with E-state index in [1.54, 1.807) is 0 Å². The van der Waals surface area contributed by atoms with Gasteiger partial charge in [0.1, 0.15) is 0 Å². The van der Waals surface area contributed by atoms with Gasteiger partial charge in [0.2, 0.25) is 0 Å². The highest BCUT2D eigenvalue weighted by Gasteiger charge is 2.24. The summed E-state index contributed by atoms with van der Waals surface area (Å²) in [4.78, 5) is 2.62. The van der Waals surface area contributed by atoms with Crippen LogP contribution in [0.1, 0.15) is 71.6 Å². The van der Waals surface area contributed by atoms with Crippen LogP contribution < -0.4 is 5.32 Å². The van der Waals surface area contributed by atoms with E-state index in [0.29, 0.717) is 0 Å². The summed E-state index contributed by atoms with van der Waals surface area (Å²) in [6.45, 7) is 7.18. The van der Waals surface area contributed by atoms with Crippen LogP contribution in [0.5, 0.6) is 0 Å². The summed E-state index contributed by atoms with van der Waals surface area (Å²) in [6, 6.07) is 1.64. The van der Waals surface area contributed by atoms with Crippen LogP contribution in [0.15, 0.2) is 0 Å². The van der Waals surface area contributed by atoms with Crippen molar-refractivity contribution in [3.05, 3.63) is 0 Å². The van der Waals surface area contributed by atoms with Gasteiger partial charge in [-0.15, -0.1) is 0 Å². The monoisotopic (exact) mass is 280 g/mol. The Morgan fingerprint density at radius 1 is 1.00 bits per heavy atom. The maximum atomic E-state index is 3.82. The topological polar surface area (TPSA) is 15.3 Å². The van der Waals surface area contributed by atoms with Crippen molar-refractivity contribution in [2.75, 3.05) is 20.1 Å². The summed E-state index contributed by atoms with van der Waals surface area (Å²) in [7, 11) is 2.34. The van der Waals surface area contributed by atoms with Crippen LogP contribution in [0.25, 0.3) is 0 Å². The largest absolute Gasteiger partial charge is 0.312 e. The van der Waals surface area contributed by atoms with Gasteiger partial charge in [-0.1, -0.05) is 33.1 Å². The van der Waals surface area contributed by atoms with Crippen LogP contribution in [-0.2, 0) is 0 Å². The molecule has 2 rings (SSSR count). The number of nitrogens with one attached hydrogen (secondary N) is 1. The summed E-state index contributed by atoms with van der Waals surface area (Å²) in [5.41, 5.74) is 0. The van der Waals surface area contributed by atoms with Crippen molar-refractivity contribution in [2.45, 2.75) is 83.7 Å². The maximum Gasteiger partial charge on any atom is 0.0107 e. The molecule has 2 aliphatic rings. The van der Waals surface area contributed by atoms with Gasteiger partial charge in [-0.05, 0) is 57.4 Å². The lowest BCUT2D eigenvalue weighted by Gasteiger charge is -2.35. The average Bonchev–Trinajstić information content (AvgIpc) is 2.49. The van der Waals surface area contributed by atoms with Gasteiger partial charge in [-0.2, -0.15) is 0 Å². The predicted octanol–water partition coefficient (Wildman–Crippen LogP) is 4.06. The first-order valence-electron chi connectivity index (χ1n) is 9.14. The summed E-state index contributed by atoms with van der Waals surface area (Å²) in [6.07, 6.45) is 12.8. The van der Waals surface area contributed by atoms with Gasteiger partial charge >= 0.3 is 0 Å². The van der Waals surface area contributed by atoms with Gasteiger partial charge in [0, 0.05) is 25.2 Å². The fraction of sp³-hybridized carbons (Fsp3) is 1.00. The lowest BCUT2D eigenvalue weighted by molar-refractivity contribution is 0.159. The molecule has 0 radical (unpaired) electrons. The van der Waals surface area contributed by atoms with Crippen molar-refractivity contribution >= 4 is 0 Å². The molecule has 0 aliphatic heterocycles. The Labute approximate surface area is 126 Å². The van der Waals surface area contributed by atoms with E-state index in [2.05, 4.69) is 31.1 Å². The number of hydrogen-bond donors (Lipinski definition) is 1. The van der Waals surface area contributed by atoms with E-state index in [-0.39, 0.29) is 0 Å². The van der Waals surface area contributed by atoms with Crippen LogP contribution >= 0.6 is 0 Å². The molecule has 20 heavy (non-hydrogen) atoms. The summed E-state index contributed by atoms with van der Waals surface area (Å²) < 4.78 is 0. The molecule has 2 unspecified atom stereocenters. The van der Waals surface area contributed by atoms with Crippen LogP contribution in [0.3, 0.4) is 0 Å². The lowest BCUT2D eigenvalue weighted by atomic mass is 9.84. The standard InChI is InChI=1S/C18H36N2/c1-4-16-9-11-17(12-10-16)20(3)14-13-19-18-8-6-5-7-15(18)2/h15-19H,4-14H2,1-3H3. The number of likely N-dealkylation sites (N-methyl/N-ethyl adjacent to an activating group) is 1. The summed E-state index contributed by atoms with van der Waals surface area (Å²) >= 11 is 0. The highest BCUT2D eigenvalue weighted by atomic mass is 15.1. The Bertz CT molecular complexity index is 258. The first-order valence-corrected chi connectivity index (χ1v) is 9.14. The molecule has 2 atom stereocenters. The molecular weight excluding hydrogens is 244 g/mol. The first kappa shape index (κ1) is 16.3. The molecule has 0 bridgehead atoms. The Kier molecular flexibility index (Phi) is 6.83. The van der Waals surface area contributed by atoms with Gasteiger partial charge in [-0.3, -0.25) is 0 Å². The fourth-order valence-corrected chi connectivity index (χ4v) is 4.22. The Morgan fingerprint density at radius 3 is 2.35 bits per heavy atom. The maximum absolute atomic E-state index is 3.82. The lowest BCUT2D eigenvalue weighted by Crippen LogP contribution is -2.43. The second kappa shape index (κ2) is 8.38. The molecule has 0 heterocycles. The van der Waals surface area contributed by atoms with E-state index < -0.39 is 0 Å². The quantitative estimate of drug-likeness (QED) is 0.789. The molecule has 0 spiro atoms. The van der Waals surface area contributed by atoms with E-state index in [1.165, 1.54) is 70.9 Å². The SMILES string of the molecule is CCC1CCC(N(C)CCNC2CCCCC2C)CC1. The minimum Gasteiger partial charge on any atom is -0.312 e. The van der Waals surface area contributed by atoms with E-state index in [0.717, 1.165) is 23.9 Å². The van der Waals surface area contributed by atoms with Crippen molar-refractivity contribution in [2.24, 2.45) is 11.8 Å². The molecule has 118 valence electrons. The molecule has 1 N–H and O–H groups in total. The van der Waals surface area contributed by atoms with Gasteiger partial charge in [0.15, 0.2) is 0 Å². The molecule has 2 saturated carbocycles. The zero-order valence-corrected chi connectivity index (χ0v) is 14.0. The van der Waals surface area contributed by atoms with E-state index in [1.807, 2.05) is 0 Å². The van der Waals surface area contributed by atoms with Gasteiger partial charge in [0.05, 0.1) is 0 Å². The van der Waals surface area contributed by atoms with Crippen LogP contribution in [-0.4, -0.2) is 37.1 Å². The molecule has 2 aliphatic carbocycles. The Balaban J connectivity index is 1.61. The van der Waals surface area contributed by atoms with Crippen molar-refractivity contribution in [1.29, 1.82) is 0 Å². The molecule has 2 fully saturated rings. The predicted molar refractivity (Wildman–Crippen MR) is 88.1 cm³/mol. The number of nitrogens with zero attached hydrogens (tertiary/aromatic N) is 1. The summed E-state index contributed by atoms with van der Waals surface area (Å²) in [5.74, 6) is 1.90. The molecule has 2 nitrogen and oxygen atoms in total. The van der Waals surface area contributed by atoms with E-state index in [4.69, 9.17) is 0 Å². The second-order valence-corrected chi connectivity index (χ2v) is 7.39. The van der Waals surface area contributed by atoms with Crippen molar-refractivity contribution in [3.63, 3.8) is 0 Å². The van der Waals surface area contributed by atoms with E-state index in [9.17, 15) is 0 Å². The third-order valence-electron chi connectivity index (χ3n) is 6.00. The third-order valence-corrected chi connectivity index (χ3v) is 6.00. The van der Waals surface area contributed by atoms with Gasteiger partial charge in [0.25, 0.3) is 0 Å². The van der Waals surface area contributed by atoms with Gasteiger partial charge < -0.3 is 10.2 Å². The van der Waals surface area contributed by atoms with Gasteiger partial charge in [-0.25, -0.2) is 0 Å². The molecular formula is C18H36N2. The Hall–Kier alpha value is -0.0800. The molecule has 0 amide bonds. The first-order chi connectivity index (χ1) is 9.70. The number of rotatable bonds is 6. The highest BCUT2D eigenvalue weighted by molar-refractivity contribution is 4.80. The van der Waals surface area contributed by atoms with Crippen molar-refractivity contribution in [1.82, 2.24) is 10.2 Å². The zero-order chi connectivity index (χ0) is 14.4. The van der Waals surface area contributed by atoms with Crippen molar-refractivity contribution in [3.8, 4) is 0 Å². The van der Waals surface area contributed by atoms with Crippen LogP contribution in [0.4, 0.5) is 0 Å². The highest BCUT2D eigenvalue weighted by Crippen LogP contribution is 2.29. The second-order valence-electron chi connectivity index (χ2n) is 7.39.